The van der Waals surface area contributed by atoms with E-state index in [4.69, 9.17) is 9.63 Å². The molecule has 3 rings (SSSR count). The zero-order chi connectivity index (χ0) is 12.8. The van der Waals surface area contributed by atoms with Crippen molar-refractivity contribution in [3.8, 4) is 11.3 Å². The maximum atomic E-state index is 10.8. The number of hydrogen-bond donors (Lipinski definition) is 2. The van der Waals surface area contributed by atoms with Crippen LogP contribution in [0.5, 0.6) is 0 Å². The van der Waals surface area contributed by atoms with Crippen molar-refractivity contribution in [3.63, 3.8) is 0 Å². The normalized spacial score (nSPS) is 16.5. The van der Waals surface area contributed by atoms with E-state index in [1.807, 2.05) is 18.2 Å². The monoisotopic (exact) mass is 245 g/mol. The van der Waals surface area contributed by atoms with Crippen molar-refractivity contribution in [1.82, 2.24) is 5.16 Å². The first-order chi connectivity index (χ1) is 8.60. The van der Waals surface area contributed by atoms with Gasteiger partial charge in [0.2, 0.25) is 5.76 Å². The minimum absolute atomic E-state index is 0.206. The Morgan fingerprint density at radius 3 is 2.67 bits per heavy atom. The van der Waals surface area contributed by atoms with E-state index in [2.05, 4.69) is 5.16 Å². The van der Waals surface area contributed by atoms with Gasteiger partial charge in [0, 0.05) is 11.6 Å². The van der Waals surface area contributed by atoms with Crippen molar-refractivity contribution in [2.45, 2.75) is 18.4 Å². The number of hydrogen-bond acceptors (Lipinski definition) is 4. The molecule has 1 aliphatic rings. The zero-order valence-electron chi connectivity index (χ0n) is 9.46. The third-order valence-electron chi connectivity index (χ3n) is 3.15. The third-order valence-corrected chi connectivity index (χ3v) is 3.15. The standard InChI is InChI=1S/C13H11NO4/c15-12(16)11-7-10(14-18-11)8-3-1-2-4-9(8)13(17)5-6-13/h1-4,7,17H,5-6H2,(H,15,16). The number of benzene rings is 1. The van der Waals surface area contributed by atoms with Gasteiger partial charge in [0.05, 0.1) is 5.60 Å². The molecule has 92 valence electrons. The topological polar surface area (TPSA) is 83.6 Å². The van der Waals surface area contributed by atoms with Crippen LogP contribution in [0, 0.1) is 0 Å². The Labute approximate surface area is 103 Å². The minimum Gasteiger partial charge on any atom is -0.475 e. The van der Waals surface area contributed by atoms with Crippen molar-refractivity contribution in [2.75, 3.05) is 0 Å². The summed E-state index contributed by atoms with van der Waals surface area (Å²) < 4.78 is 4.74. The van der Waals surface area contributed by atoms with Gasteiger partial charge in [0.15, 0.2) is 0 Å². The Balaban J connectivity index is 2.08. The van der Waals surface area contributed by atoms with Crippen LogP contribution in [0.3, 0.4) is 0 Å². The Hall–Kier alpha value is -2.14. The van der Waals surface area contributed by atoms with Gasteiger partial charge in [-0.1, -0.05) is 29.4 Å². The van der Waals surface area contributed by atoms with E-state index in [0.29, 0.717) is 24.1 Å². The lowest BCUT2D eigenvalue weighted by atomic mass is 9.98. The average Bonchev–Trinajstić information content (AvgIpc) is 2.94. The molecule has 1 saturated carbocycles. The molecule has 2 aromatic rings. The molecule has 0 spiro atoms. The van der Waals surface area contributed by atoms with Gasteiger partial charge < -0.3 is 14.7 Å². The molecule has 0 unspecified atom stereocenters. The predicted molar refractivity (Wildman–Crippen MR) is 62.0 cm³/mol. The van der Waals surface area contributed by atoms with Gasteiger partial charge in [-0.2, -0.15) is 0 Å². The molecule has 1 heterocycles. The van der Waals surface area contributed by atoms with E-state index in [9.17, 15) is 9.90 Å². The van der Waals surface area contributed by atoms with Crippen LogP contribution >= 0.6 is 0 Å². The summed E-state index contributed by atoms with van der Waals surface area (Å²) in [5, 5.41) is 22.7. The molecule has 0 amide bonds. The highest BCUT2D eigenvalue weighted by atomic mass is 16.5. The summed E-state index contributed by atoms with van der Waals surface area (Å²) in [5.41, 5.74) is 1.13. The SMILES string of the molecule is O=C(O)c1cc(-c2ccccc2C2(O)CC2)no1. The van der Waals surface area contributed by atoms with E-state index in [-0.39, 0.29) is 5.76 Å². The van der Waals surface area contributed by atoms with Crippen molar-refractivity contribution in [1.29, 1.82) is 0 Å². The summed E-state index contributed by atoms with van der Waals surface area (Å²) in [6, 6.07) is 8.66. The number of nitrogens with zero attached hydrogens (tertiary/aromatic N) is 1. The van der Waals surface area contributed by atoms with Gasteiger partial charge in [-0.15, -0.1) is 0 Å². The molecule has 0 radical (unpaired) electrons. The van der Waals surface area contributed by atoms with Gasteiger partial charge >= 0.3 is 5.97 Å². The molecular weight excluding hydrogens is 234 g/mol. The Kier molecular flexibility index (Phi) is 2.24. The van der Waals surface area contributed by atoms with Crippen LogP contribution in [0.4, 0.5) is 0 Å². The molecule has 0 saturated heterocycles. The van der Waals surface area contributed by atoms with Crippen molar-refractivity contribution in [2.24, 2.45) is 0 Å². The fourth-order valence-electron chi connectivity index (χ4n) is 2.00. The summed E-state index contributed by atoms with van der Waals surface area (Å²) in [5.74, 6) is -1.36. The van der Waals surface area contributed by atoms with Crippen LogP contribution in [0.15, 0.2) is 34.9 Å². The predicted octanol–water partition coefficient (Wildman–Crippen LogP) is 2.02. The number of carboxylic acid groups (broad SMARTS) is 1. The van der Waals surface area contributed by atoms with Crippen LogP contribution < -0.4 is 0 Å². The first-order valence-corrected chi connectivity index (χ1v) is 5.62. The smallest absolute Gasteiger partial charge is 0.374 e. The molecule has 0 atom stereocenters. The average molecular weight is 245 g/mol. The summed E-state index contributed by atoms with van der Waals surface area (Å²) in [4.78, 5) is 10.8. The summed E-state index contributed by atoms with van der Waals surface area (Å²) in [6.45, 7) is 0. The number of carbonyl (C=O) groups is 1. The minimum atomic E-state index is -1.16. The van der Waals surface area contributed by atoms with Crippen LogP contribution in [-0.4, -0.2) is 21.3 Å². The molecule has 1 aromatic carbocycles. The number of rotatable bonds is 3. The summed E-state index contributed by atoms with van der Waals surface area (Å²) in [7, 11) is 0. The number of aromatic nitrogens is 1. The fourth-order valence-corrected chi connectivity index (χ4v) is 2.00. The van der Waals surface area contributed by atoms with Gasteiger partial charge in [0.25, 0.3) is 0 Å². The van der Waals surface area contributed by atoms with E-state index in [0.717, 1.165) is 5.56 Å². The molecular formula is C13H11NO4. The maximum absolute atomic E-state index is 10.8. The second-order valence-corrected chi connectivity index (χ2v) is 4.46. The van der Waals surface area contributed by atoms with Crippen molar-refractivity contribution >= 4 is 5.97 Å². The third kappa shape index (κ3) is 1.69. The van der Waals surface area contributed by atoms with Gasteiger partial charge in [-0.3, -0.25) is 0 Å². The maximum Gasteiger partial charge on any atom is 0.374 e. The van der Waals surface area contributed by atoms with Gasteiger partial charge in [-0.25, -0.2) is 4.79 Å². The first-order valence-electron chi connectivity index (χ1n) is 5.62. The molecule has 0 bridgehead atoms. The number of aromatic carboxylic acids is 1. The highest BCUT2D eigenvalue weighted by Gasteiger charge is 2.43. The fraction of sp³-hybridized carbons (Fsp3) is 0.231. The molecule has 5 nitrogen and oxygen atoms in total. The molecule has 1 aliphatic carbocycles. The quantitative estimate of drug-likeness (QED) is 0.864. The van der Waals surface area contributed by atoms with E-state index < -0.39 is 11.6 Å². The second-order valence-electron chi connectivity index (χ2n) is 4.46. The van der Waals surface area contributed by atoms with E-state index >= 15 is 0 Å². The Morgan fingerprint density at radius 2 is 2.06 bits per heavy atom. The van der Waals surface area contributed by atoms with Crippen LogP contribution in [0.1, 0.15) is 29.0 Å². The zero-order valence-corrected chi connectivity index (χ0v) is 9.46. The molecule has 1 aromatic heterocycles. The Bertz CT molecular complexity index is 613. The molecule has 1 fully saturated rings. The summed E-state index contributed by atoms with van der Waals surface area (Å²) in [6.07, 6.45) is 1.43. The lowest BCUT2D eigenvalue weighted by Crippen LogP contribution is -2.06. The van der Waals surface area contributed by atoms with Gasteiger partial charge in [-0.05, 0) is 18.4 Å². The molecule has 2 N–H and O–H groups in total. The lowest BCUT2D eigenvalue weighted by molar-refractivity contribution is 0.0652. The summed E-state index contributed by atoms with van der Waals surface area (Å²) >= 11 is 0. The van der Waals surface area contributed by atoms with Crippen LogP contribution in [-0.2, 0) is 5.60 Å². The van der Waals surface area contributed by atoms with Crippen molar-refractivity contribution < 1.29 is 19.5 Å². The number of carboxylic acids is 1. The van der Waals surface area contributed by atoms with Gasteiger partial charge in [0.1, 0.15) is 5.69 Å². The first kappa shape index (κ1) is 11.0. The van der Waals surface area contributed by atoms with Crippen LogP contribution in [0.25, 0.3) is 11.3 Å². The molecule has 5 heteroatoms. The van der Waals surface area contributed by atoms with Crippen molar-refractivity contribution in [3.05, 3.63) is 41.7 Å². The Morgan fingerprint density at radius 1 is 1.33 bits per heavy atom. The highest BCUT2D eigenvalue weighted by molar-refractivity contribution is 5.86. The highest BCUT2D eigenvalue weighted by Crippen LogP contribution is 2.48. The van der Waals surface area contributed by atoms with Crippen LogP contribution in [0.2, 0.25) is 0 Å². The molecule has 0 aliphatic heterocycles. The lowest BCUT2D eigenvalue weighted by Gasteiger charge is -2.11. The van der Waals surface area contributed by atoms with E-state index in [1.165, 1.54) is 6.07 Å². The number of aliphatic hydroxyl groups is 1. The largest absolute Gasteiger partial charge is 0.475 e. The molecule has 18 heavy (non-hydrogen) atoms. The second kappa shape index (κ2) is 3.68. The van der Waals surface area contributed by atoms with E-state index in [1.54, 1.807) is 6.07 Å².